The highest BCUT2D eigenvalue weighted by Crippen LogP contribution is 2.46. The summed E-state index contributed by atoms with van der Waals surface area (Å²) in [6, 6.07) is 24.8. The van der Waals surface area contributed by atoms with E-state index in [4.69, 9.17) is 14.2 Å². The van der Waals surface area contributed by atoms with Gasteiger partial charge in [0.1, 0.15) is 17.1 Å². The zero-order valence-electron chi connectivity index (χ0n) is 17.1. The summed E-state index contributed by atoms with van der Waals surface area (Å²) in [6.07, 6.45) is 8.80. The van der Waals surface area contributed by atoms with Crippen LogP contribution in [0.2, 0.25) is 0 Å². The Bertz CT molecular complexity index is 1050. The van der Waals surface area contributed by atoms with E-state index in [1.165, 1.54) is 11.1 Å². The van der Waals surface area contributed by atoms with Crippen molar-refractivity contribution in [3.63, 3.8) is 0 Å². The number of hydrogen-bond donors (Lipinski definition) is 0. The van der Waals surface area contributed by atoms with E-state index >= 15 is 0 Å². The lowest BCUT2D eigenvalue weighted by atomic mass is 9.77. The predicted octanol–water partition coefficient (Wildman–Crippen LogP) is 5.71. The van der Waals surface area contributed by atoms with Crippen LogP contribution in [0, 0.1) is 0 Å². The maximum absolute atomic E-state index is 6.90. The Hall–Kier alpha value is -3.30. The first-order chi connectivity index (χ1) is 14.7. The lowest BCUT2D eigenvalue weighted by molar-refractivity contribution is -0.0352. The van der Waals surface area contributed by atoms with Gasteiger partial charge >= 0.3 is 0 Å². The van der Waals surface area contributed by atoms with Crippen molar-refractivity contribution in [1.29, 1.82) is 0 Å². The highest BCUT2D eigenvalue weighted by atomic mass is 16.5. The summed E-state index contributed by atoms with van der Waals surface area (Å²) >= 11 is 0. The zero-order valence-corrected chi connectivity index (χ0v) is 17.1. The Labute approximate surface area is 177 Å². The van der Waals surface area contributed by atoms with E-state index in [2.05, 4.69) is 72.8 Å². The molecule has 30 heavy (non-hydrogen) atoms. The highest BCUT2D eigenvalue weighted by molar-refractivity contribution is 5.61. The van der Waals surface area contributed by atoms with Crippen LogP contribution in [0.5, 0.6) is 11.5 Å². The van der Waals surface area contributed by atoms with Crippen molar-refractivity contribution in [2.24, 2.45) is 0 Å². The molecule has 2 atom stereocenters. The average molecular weight is 396 g/mol. The zero-order chi connectivity index (χ0) is 20.6. The number of methoxy groups -OCH3 is 2. The third kappa shape index (κ3) is 3.03. The van der Waals surface area contributed by atoms with Crippen LogP contribution >= 0.6 is 0 Å². The monoisotopic (exact) mass is 396 g/mol. The summed E-state index contributed by atoms with van der Waals surface area (Å²) in [5.74, 6) is 1.86. The molecule has 3 nitrogen and oxygen atoms in total. The van der Waals surface area contributed by atoms with E-state index in [0.29, 0.717) is 0 Å². The van der Waals surface area contributed by atoms with Crippen LogP contribution in [-0.4, -0.2) is 20.3 Å². The van der Waals surface area contributed by atoms with Gasteiger partial charge < -0.3 is 14.2 Å². The quantitative estimate of drug-likeness (QED) is 0.529. The molecule has 3 aromatic carbocycles. The largest absolute Gasteiger partial charge is 0.497 e. The van der Waals surface area contributed by atoms with E-state index in [1.54, 1.807) is 14.2 Å². The first-order valence-corrected chi connectivity index (χ1v) is 10.2. The molecule has 0 aromatic heterocycles. The Morgan fingerprint density at radius 1 is 0.733 bits per heavy atom. The molecule has 3 heteroatoms. The Balaban J connectivity index is 1.63. The van der Waals surface area contributed by atoms with Gasteiger partial charge in [-0.2, -0.15) is 0 Å². The van der Waals surface area contributed by atoms with E-state index in [-0.39, 0.29) is 12.0 Å². The molecule has 3 aromatic rings. The van der Waals surface area contributed by atoms with Crippen molar-refractivity contribution < 1.29 is 14.2 Å². The van der Waals surface area contributed by atoms with E-state index in [0.717, 1.165) is 22.6 Å². The lowest BCUT2D eigenvalue weighted by Gasteiger charge is -2.42. The third-order valence-corrected chi connectivity index (χ3v) is 6.07. The Morgan fingerprint density at radius 3 is 1.93 bits per heavy atom. The molecule has 1 aliphatic heterocycles. The van der Waals surface area contributed by atoms with Crippen LogP contribution in [0.3, 0.4) is 0 Å². The summed E-state index contributed by atoms with van der Waals surface area (Å²) in [6.45, 7) is 0. The Morgan fingerprint density at radius 2 is 1.33 bits per heavy atom. The third-order valence-electron chi connectivity index (χ3n) is 6.07. The van der Waals surface area contributed by atoms with Gasteiger partial charge in [0.25, 0.3) is 0 Å². The van der Waals surface area contributed by atoms with Crippen molar-refractivity contribution in [2.75, 3.05) is 14.2 Å². The molecule has 0 spiro atoms. The van der Waals surface area contributed by atoms with Gasteiger partial charge in [0, 0.05) is 5.92 Å². The first-order valence-electron chi connectivity index (χ1n) is 10.2. The number of rotatable bonds is 4. The number of hydrogen-bond acceptors (Lipinski definition) is 3. The molecule has 0 bridgehead atoms. The SMILES string of the molecule is COc1ccc(C2(c3ccc(OC)cc3)C=C[C@H]3c4ccccc4C=C[C@H]3O2)cc1. The van der Waals surface area contributed by atoms with E-state index in [9.17, 15) is 0 Å². The minimum absolute atomic E-state index is 0.0471. The fraction of sp³-hybridized carbons (Fsp3) is 0.185. The van der Waals surface area contributed by atoms with E-state index < -0.39 is 5.60 Å². The van der Waals surface area contributed by atoms with Gasteiger partial charge in [0.05, 0.1) is 20.3 Å². The molecule has 1 aliphatic carbocycles. The fourth-order valence-electron chi connectivity index (χ4n) is 4.45. The Kier molecular flexibility index (Phi) is 4.68. The lowest BCUT2D eigenvalue weighted by Crippen LogP contribution is -2.39. The summed E-state index contributed by atoms with van der Waals surface area (Å²) in [5.41, 5.74) is 4.01. The standard InChI is InChI=1S/C27H24O3/c1-28-22-12-8-20(9-13-22)27(21-10-14-23(29-2)15-11-21)18-17-25-24-6-4-3-5-19(24)7-16-26(25)30-27/h3-18,25-26H,1-2H3/t25-,26+/m0/s1. The van der Waals surface area contributed by atoms with Gasteiger partial charge in [-0.1, -0.05) is 66.8 Å². The normalized spacial score (nSPS) is 20.9. The number of benzene rings is 3. The molecule has 1 heterocycles. The molecule has 0 unspecified atom stereocenters. The minimum atomic E-state index is -0.684. The average Bonchev–Trinajstić information content (AvgIpc) is 2.83. The van der Waals surface area contributed by atoms with Gasteiger partial charge in [0.15, 0.2) is 0 Å². The second-order valence-corrected chi connectivity index (χ2v) is 7.65. The molecule has 0 radical (unpaired) electrons. The topological polar surface area (TPSA) is 27.7 Å². The van der Waals surface area contributed by atoms with Crippen LogP contribution in [0.25, 0.3) is 6.08 Å². The van der Waals surface area contributed by atoms with Crippen molar-refractivity contribution in [3.05, 3.63) is 113 Å². The molecule has 0 saturated carbocycles. The van der Waals surface area contributed by atoms with Crippen LogP contribution in [0.15, 0.2) is 91.0 Å². The van der Waals surface area contributed by atoms with Crippen LogP contribution in [-0.2, 0) is 10.3 Å². The fourth-order valence-corrected chi connectivity index (χ4v) is 4.45. The van der Waals surface area contributed by atoms with Crippen LogP contribution in [0.4, 0.5) is 0 Å². The minimum Gasteiger partial charge on any atom is -0.497 e. The molecule has 150 valence electrons. The van der Waals surface area contributed by atoms with Crippen LogP contribution < -0.4 is 9.47 Å². The van der Waals surface area contributed by atoms with Crippen LogP contribution in [0.1, 0.15) is 28.2 Å². The predicted molar refractivity (Wildman–Crippen MR) is 119 cm³/mol. The van der Waals surface area contributed by atoms with E-state index in [1.807, 2.05) is 24.3 Å². The summed E-state index contributed by atoms with van der Waals surface area (Å²) in [4.78, 5) is 0. The molecule has 0 amide bonds. The molecule has 0 saturated heterocycles. The maximum Gasteiger partial charge on any atom is 0.137 e. The van der Waals surface area contributed by atoms with Gasteiger partial charge in [-0.15, -0.1) is 0 Å². The summed E-state index contributed by atoms with van der Waals surface area (Å²) in [7, 11) is 3.36. The molecular weight excluding hydrogens is 372 g/mol. The second kappa shape index (κ2) is 7.51. The molecular formula is C27H24O3. The smallest absolute Gasteiger partial charge is 0.137 e. The molecule has 5 rings (SSSR count). The molecule has 2 aliphatic rings. The van der Waals surface area contributed by atoms with Crippen molar-refractivity contribution in [2.45, 2.75) is 17.6 Å². The molecule has 0 N–H and O–H groups in total. The maximum atomic E-state index is 6.90. The first kappa shape index (κ1) is 18.7. The van der Waals surface area contributed by atoms with Gasteiger partial charge in [-0.05, 0) is 52.6 Å². The highest BCUT2D eigenvalue weighted by Gasteiger charge is 2.41. The van der Waals surface area contributed by atoms with Gasteiger partial charge in [0.2, 0.25) is 0 Å². The number of fused-ring (bicyclic) bond motifs is 3. The van der Waals surface area contributed by atoms with Crippen molar-refractivity contribution in [3.8, 4) is 11.5 Å². The molecule has 0 fully saturated rings. The van der Waals surface area contributed by atoms with Gasteiger partial charge in [-0.25, -0.2) is 0 Å². The summed E-state index contributed by atoms with van der Waals surface area (Å²) < 4.78 is 17.6. The van der Waals surface area contributed by atoms with Crippen molar-refractivity contribution in [1.82, 2.24) is 0 Å². The van der Waals surface area contributed by atoms with Gasteiger partial charge in [-0.3, -0.25) is 0 Å². The second-order valence-electron chi connectivity index (χ2n) is 7.65. The summed E-state index contributed by atoms with van der Waals surface area (Å²) in [5, 5.41) is 0. The number of ether oxygens (including phenoxy) is 3. The van der Waals surface area contributed by atoms with Crippen molar-refractivity contribution >= 4 is 6.08 Å².